The Morgan fingerprint density at radius 3 is 2.41 bits per heavy atom. The van der Waals surface area contributed by atoms with Crippen LogP contribution in [0.15, 0.2) is 48.7 Å². The fraction of sp³-hybridized carbons (Fsp3) is 0.238. The summed E-state index contributed by atoms with van der Waals surface area (Å²) in [7, 11) is 1.79. The van der Waals surface area contributed by atoms with Crippen molar-refractivity contribution in [1.82, 2.24) is 15.1 Å². The van der Waals surface area contributed by atoms with Crippen LogP contribution >= 0.6 is 11.6 Å². The quantitative estimate of drug-likeness (QED) is 0.694. The lowest BCUT2D eigenvalue weighted by molar-refractivity contribution is 0.0950. The molecule has 1 aromatic heterocycles. The Kier molecular flexibility index (Phi) is 5.81. The molecule has 2 aromatic carbocycles. The minimum atomic E-state index is -0.158. The number of rotatable bonds is 6. The Labute approximate surface area is 163 Å². The van der Waals surface area contributed by atoms with Crippen LogP contribution in [0.4, 0.5) is 0 Å². The molecular formula is C21H22ClN3O2. The van der Waals surface area contributed by atoms with Gasteiger partial charge < -0.3 is 10.1 Å². The fourth-order valence-electron chi connectivity index (χ4n) is 2.84. The third kappa shape index (κ3) is 4.49. The number of nitrogens with one attached hydrogen (secondary N) is 1. The lowest BCUT2D eigenvalue weighted by Crippen LogP contribution is -2.24. The Balaban J connectivity index is 1.59. The average Bonchev–Trinajstić information content (AvgIpc) is 2.97. The highest BCUT2D eigenvalue weighted by Gasteiger charge is 2.10. The van der Waals surface area contributed by atoms with E-state index >= 15 is 0 Å². The number of aromatic nitrogens is 2. The number of aryl methyl sites for hydroxylation is 3. The first-order valence-electron chi connectivity index (χ1n) is 8.68. The van der Waals surface area contributed by atoms with Gasteiger partial charge in [-0.3, -0.25) is 9.48 Å². The van der Waals surface area contributed by atoms with Crippen molar-refractivity contribution >= 4 is 17.5 Å². The first-order valence-corrected chi connectivity index (χ1v) is 9.06. The molecule has 0 saturated heterocycles. The fourth-order valence-corrected chi connectivity index (χ4v) is 3.07. The maximum Gasteiger partial charge on any atom is 0.251 e. The molecule has 1 N–H and O–H groups in total. The van der Waals surface area contributed by atoms with Gasteiger partial charge in [0.05, 0.1) is 23.5 Å². The van der Waals surface area contributed by atoms with Gasteiger partial charge in [-0.1, -0.05) is 41.9 Å². The predicted octanol–water partition coefficient (Wildman–Crippen LogP) is 4.20. The maximum atomic E-state index is 12.3. The molecule has 0 radical (unpaired) electrons. The smallest absolute Gasteiger partial charge is 0.251 e. The van der Waals surface area contributed by atoms with Gasteiger partial charge in [-0.15, -0.1) is 0 Å². The lowest BCUT2D eigenvalue weighted by Gasteiger charge is -2.12. The van der Waals surface area contributed by atoms with E-state index in [4.69, 9.17) is 16.3 Å². The van der Waals surface area contributed by atoms with E-state index in [0.717, 1.165) is 28.1 Å². The molecule has 3 aromatic rings. The third-order valence-electron chi connectivity index (χ3n) is 4.44. The SMILES string of the molecule is Cc1cccc(C)c1OCc1ccc(C(=O)NCc2c(Cl)cnn2C)cc1. The summed E-state index contributed by atoms with van der Waals surface area (Å²) in [4.78, 5) is 12.3. The molecule has 0 aliphatic rings. The first-order chi connectivity index (χ1) is 13.0. The Morgan fingerprint density at radius 2 is 1.81 bits per heavy atom. The van der Waals surface area contributed by atoms with Gasteiger partial charge >= 0.3 is 0 Å². The number of ether oxygens (including phenoxy) is 1. The Bertz CT molecular complexity index is 909. The number of carbonyl (C=O) groups is 1. The minimum Gasteiger partial charge on any atom is -0.488 e. The van der Waals surface area contributed by atoms with E-state index in [1.807, 2.05) is 44.2 Å². The molecule has 0 bridgehead atoms. The molecular weight excluding hydrogens is 362 g/mol. The molecule has 0 aliphatic heterocycles. The van der Waals surface area contributed by atoms with E-state index in [9.17, 15) is 4.79 Å². The summed E-state index contributed by atoms with van der Waals surface area (Å²) in [5, 5.41) is 7.45. The summed E-state index contributed by atoms with van der Waals surface area (Å²) in [5.41, 5.74) is 4.58. The molecule has 3 rings (SSSR count). The molecule has 0 spiro atoms. The number of hydrogen-bond donors (Lipinski definition) is 1. The largest absolute Gasteiger partial charge is 0.488 e. The number of benzene rings is 2. The van der Waals surface area contributed by atoms with Crippen molar-refractivity contribution in [2.75, 3.05) is 0 Å². The van der Waals surface area contributed by atoms with E-state index in [2.05, 4.69) is 10.4 Å². The molecule has 0 saturated carbocycles. The minimum absolute atomic E-state index is 0.158. The van der Waals surface area contributed by atoms with E-state index in [1.165, 1.54) is 0 Å². The average molecular weight is 384 g/mol. The van der Waals surface area contributed by atoms with Gasteiger partial charge in [-0.25, -0.2) is 0 Å². The molecule has 0 aliphatic carbocycles. The summed E-state index contributed by atoms with van der Waals surface area (Å²) in [5.74, 6) is 0.752. The van der Waals surface area contributed by atoms with Crippen LogP contribution in [0.25, 0.3) is 0 Å². The zero-order valence-electron chi connectivity index (χ0n) is 15.6. The summed E-state index contributed by atoms with van der Waals surface area (Å²) in [6.45, 7) is 4.85. The predicted molar refractivity (Wildman–Crippen MR) is 106 cm³/mol. The van der Waals surface area contributed by atoms with Crippen LogP contribution in [-0.2, 0) is 20.2 Å². The highest BCUT2D eigenvalue weighted by molar-refractivity contribution is 6.31. The topological polar surface area (TPSA) is 56.1 Å². The standard InChI is InChI=1S/C21H22ClN3O2/c1-14-5-4-6-15(2)20(14)27-13-16-7-9-17(10-8-16)21(26)23-12-19-18(22)11-24-25(19)3/h4-11H,12-13H2,1-3H3,(H,23,26). The maximum absolute atomic E-state index is 12.3. The molecule has 0 fully saturated rings. The normalized spacial score (nSPS) is 10.7. The number of hydrogen-bond acceptors (Lipinski definition) is 3. The van der Waals surface area contributed by atoms with Crippen molar-refractivity contribution in [2.45, 2.75) is 27.0 Å². The first kappa shape index (κ1) is 19.0. The molecule has 0 atom stereocenters. The van der Waals surface area contributed by atoms with Gasteiger partial charge in [0.25, 0.3) is 5.91 Å². The van der Waals surface area contributed by atoms with Gasteiger partial charge in [0, 0.05) is 12.6 Å². The van der Waals surface area contributed by atoms with Gasteiger partial charge in [0.1, 0.15) is 12.4 Å². The molecule has 27 heavy (non-hydrogen) atoms. The molecule has 1 heterocycles. The molecule has 0 unspecified atom stereocenters. The van der Waals surface area contributed by atoms with E-state index in [0.29, 0.717) is 23.7 Å². The van der Waals surface area contributed by atoms with Crippen LogP contribution in [0, 0.1) is 13.8 Å². The van der Waals surface area contributed by atoms with Gasteiger partial charge in [0.2, 0.25) is 0 Å². The second kappa shape index (κ2) is 8.27. The van der Waals surface area contributed by atoms with Crippen molar-refractivity contribution in [2.24, 2.45) is 7.05 Å². The highest BCUT2D eigenvalue weighted by Crippen LogP contribution is 2.23. The third-order valence-corrected chi connectivity index (χ3v) is 4.75. The summed E-state index contributed by atoms with van der Waals surface area (Å²) in [6.07, 6.45) is 1.56. The van der Waals surface area contributed by atoms with Crippen LogP contribution in [-0.4, -0.2) is 15.7 Å². The van der Waals surface area contributed by atoms with E-state index in [1.54, 1.807) is 30.1 Å². The molecule has 1 amide bonds. The van der Waals surface area contributed by atoms with Gasteiger partial charge in [0.15, 0.2) is 0 Å². The van der Waals surface area contributed by atoms with Crippen molar-refractivity contribution in [1.29, 1.82) is 0 Å². The Morgan fingerprint density at radius 1 is 1.15 bits per heavy atom. The summed E-state index contributed by atoms with van der Waals surface area (Å²) >= 11 is 6.05. The second-order valence-electron chi connectivity index (χ2n) is 6.45. The van der Waals surface area contributed by atoms with Crippen LogP contribution in [0.2, 0.25) is 5.02 Å². The van der Waals surface area contributed by atoms with Crippen LogP contribution < -0.4 is 10.1 Å². The van der Waals surface area contributed by atoms with Gasteiger partial charge in [-0.05, 0) is 42.7 Å². The van der Waals surface area contributed by atoms with Crippen LogP contribution in [0.5, 0.6) is 5.75 Å². The van der Waals surface area contributed by atoms with Gasteiger partial charge in [-0.2, -0.15) is 5.10 Å². The number of para-hydroxylation sites is 1. The highest BCUT2D eigenvalue weighted by atomic mass is 35.5. The van der Waals surface area contributed by atoms with Crippen molar-refractivity contribution < 1.29 is 9.53 Å². The zero-order chi connectivity index (χ0) is 19.4. The Hall–Kier alpha value is -2.79. The van der Waals surface area contributed by atoms with Crippen molar-refractivity contribution in [3.05, 3.63) is 81.6 Å². The number of amides is 1. The molecule has 6 heteroatoms. The van der Waals surface area contributed by atoms with E-state index < -0.39 is 0 Å². The summed E-state index contributed by atoms with van der Waals surface area (Å²) in [6, 6.07) is 13.5. The monoisotopic (exact) mass is 383 g/mol. The van der Waals surface area contributed by atoms with Crippen molar-refractivity contribution in [3.63, 3.8) is 0 Å². The van der Waals surface area contributed by atoms with Crippen LogP contribution in [0.3, 0.4) is 0 Å². The lowest BCUT2D eigenvalue weighted by atomic mass is 10.1. The number of carbonyl (C=O) groups excluding carboxylic acids is 1. The second-order valence-corrected chi connectivity index (χ2v) is 6.86. The summed E-state index contributed by atoms with van der Waals surface area (Å²) < 4.78 is 7.60. The molecule has 140 valence electrons. The zero-order valence-corrected chi connectivity index (χ0v) is 16.4. The van der Waals surface area contributed by atoms with Crippen LogP contribution in [0.1, 0.15) is 32.7 Å². The molecule has 5 nitrogen and oxygen atoms in total. The number of halogens is 1. The van der Waals surface area contributed by atoms with Crippen molar-refractivity contribution in [3.8, 4) is 5.75 Å². The number of nitrogens with zero attached hydrogens (tertiary/aromatic N) is 2. The van der Waals surface area contributed by atoms with E-state index in [-0.39, 0.29) is 5.91 Å².